The van der Waals surface area contributed by atoms with Crippen LogP contribution >= 0.6 is 23.2 Å². The Kier molecular flexibility index (Phi) is 10.2. The molecule has 0 spiro atoms. The van der Waals surface area contributed by atoms with E-state index >= 15 is 0 Å². The van der Waals surface area contributed by atoms with Crippen molar-refractivity contribution in [1.82, 2.24) is 10.2 Å². The molecule has 214 valence electrons. The molecule has 3 aromatic carbocycles. The number of anilines is 1. The van der Waals surface area contributed by atoms with Crippen LogP contribution in [0.5, 0.6) is 0 Å². The first-order valence-electron chi connectivity index (χ1n) is 12.5. The number of hydrogen-bond acceptors (Lipinski definition) is 4. The predicted molar refractivity (Wildman–Crippen MR) is 157 cm³/mol. The third kappa shape index (κ3) is 8.94. The molecule has 3 rings (SSSR count). The van der Waals surface area contributed by atoms with E-state index in [4.69, 9.17) is 23.2 Å². The van der Waals surface area contributed by atoms with E-state index in [1.165, 1.54) is 41.3 Å². The van der Waals surface area contributed by atoms with Gasteiger partial charge in [0.15, 0.2) is 0 Å². The molecule has 1 atom stereocenters. The zero-order valence-corrected chi connectivity index (χ0v) is 25.0. The first-order chi connectivity index (χ1) is 18.6. The zero-order chi connectivity index (χ0) is 29.7. The van der Waals surface area contributed by atoms with Gasteiger partial charge in [0, 0.05) is 34.1 Å². The number of rotatable bonds is 10. The summed E-state index contributed by atoms with van der Waals surface area (Å²) in [6, 6.07) is 18.1. The molecule has 11 heteroatoms. The average Bonchev–Trinajstić information content (AvgIpc) is 2.83. The van der Waals surface area contributed by atoms with Crippen LogP contribution in [0, 0.1) is 5.82 Å². The van der Waals surface area contributed by atoms with E-state index in [2.05, 4.69) is 5.32 Å². The van der Waals surface area contributed by atoms with Crippen molar-refractivity contribution in [2.24, 2.45) is 0 Å². The van der Waals surface area contributed by atoms with Gasteiger partial charge in [-0.3, -0.25) is 13.9 Å². The standard InChI is InChI=1S/C29H32Cl2FN3O4S/c1-29(2,3)33-28(37)26(14-20-10-6-5-7-11-20)34(18-21-12-8-9-13-25(21)32)27(36)19-35(40(4,38)39)24-16-22(30)15-23(31)17-24/h5-13,15-17,26H,14,18-19H2,1-4H3,(H,33,37). The Bertz CT molecular complexity index is 1440. The van der Waals surface area contributed by atoms with E-state index in [0.29, 0.717) is 0 Å². The quantitative estimate of drug-likeness (QED) is 0.332. The maximum absolute atomic E-state index is 14.8. The summed E-state index contributed by atoms with van der Waals surface area (Å²) in [5.41, 5.74) is 0.395. The van der Waals surface area contributed by atoms with E-state index in [1.54, 1.807) is 6.07 Å². The smallest absolute Gasteiger partial charge is 0.244 e. The minimum atomic E-state index is -4.00. The lowest BCUT2D eigenvalue weighted by Crippen LogP contribution is -2.56. The van der Waals surface area contributed by atoms with E-state index in [9.17, 15) is 22.4 Å². The van der Waals surface area contributed by atoms with Crippen LogP contribution in [0.25, 0.3) is 0 Å². The largest absolute Gasteiger partial charge is 0.350 e. The molecule has 2 amide bonds. The Labute approximate surface area is 244 Å². The highest BCUT2D eigenvalue weighted by Crippen LogP contribution is 2.28. The highest BCUT2D eigenvalue weighted by Gasteiger charge is 2.34. The number of carbonyl (C=O) groups is 2. The molecular formula is C29H32Cl2FN3O4S. The van der Waals surface area contributed by atoms with Crippen molar-refractivity contribution in [2.75, 3.05) is 17.1 Å². The Hall–Kier alpha value is -3.14. The lowest BCUT2D eigenvalue weighted by molar-refractivity contribution is -0.140. The van der Waals surface area contributed by atoms with E-state index in [1.807, 2.05) is 51.1 Å². The summed E-state index contributed by atoms with van der Waals surface area (Å²) in [7, 11) is -4.00. The average molecular weight is 609 g/mol. The van der Waals surface area contributed by atoms with Crippen LogP contribution in [-0.4, -0.2) is 49.5 Å². The molecular weight excluding hydrogens is 576 g/mol. The van der Waals surface area contributed by atoms with E-state index in [-0.39, 0.29) is 34.3 Å². The number of nitrogens with zero attached hydrogens (tertiary/aromatic N) is 2. The predicted octanol–water partition coefficient (Wildman–Crippen LogP) is 5.45. The normalized spacial score (nSPS) is 12.5. The molecule has 3 aromatic rings. The highest BCUT2D eigenvalue weighted by molar-refractivity contribution is 7.92. The third-order valence-electron chi connectivity index (χ3n) is 5.88. The van der Waals surface area contributed by atoms with Crippen molar-refractivity contribution in [3.63, 3.8) is 0 Å². The fourth-order valence-electron chi connectivity index (χ4n) is 4.11. The molecule has 0 heterocycles. The molecule has 1 N–H and O–H groups in total. The van der Waals surface area contributed by atoms with Gasteiger partial charge in [0.1, 0.15) is 18.4 Å². The SMILES string of the molecule is CC(C)(C)NC(=O)C(Cc1ccccc1)N(Cc1ccccc1F)C(=O)CN(c1cc(Cl)cc(Cl)c1)S(C)(=O)=O. The molecule has 7 nitrogen and oxygen atoms in total. The fraction of sp³-hybridized carbons (Fsp3) is 0.310. The summed E-state index contributed by atoms with van der Waals surface area (Å²) >= 11 is 12.2. The molecule has 0 aliphatic carbocycles. The van der Waals surface area contributed by atoms with Crippen LogP contribution in [0.15, 0.2) is 72.8 Å². The van der Waals surface area contributed by atoms with Crippen molar-refractivity contribution < 1.29 is 22.4 Å². The maximum Gasteiger partial charge on any atom is 0.244 e. The number of benzene rings is 3. The van der Waals surface area contributed by atoms with Crippen LogP contribution in [0.4, 0.5) is 10.1 Å². The van der Waals surface area contributed by atoms with Gasteiger partial charge in [-0.1, -0.05) is 71.7 Å². The van der Waals surface area contributed by atoms with Gasteiger partial charge in [-0.05, 0) is 50.6 Å². The van der Waals surface area contributed by atoms with E-state index < -0.39 is 45.8 Å². The summed E-state index contributed by atoms with van der Waals surface area (Å²) < 4.78 is 41.3. The van der Waals surface area contributed by atoms with Crippen LogP contribution in [-0.2, 0) is 32.6 Å². The van der Waals surface area contributed by atoms with Gasteiger partial charge < -0.3 is 10.2 Å². The second-order valence-electron chi connectivity index (χ2n) is 10.5. The van der Waals surface area contributed by atoms with Gasteiger partial charge in [0.2, 0.25) is 21.8 Å². The second-order valence-corrected chi connectivity index (χ2v) is 13.2. The summed E-state index contributed by atoms with van der Waals surface area (Å²) in [4.78, 5) is 28.9. The molecule has 40 heavy (non-hydrogen) atoms. The Balaban J connectivity index is 2.10. The van der Waals surface area contributed by atoms with Gasteiger partial charge in [-0.15, -0.1) is 0 Å². The first kappa shape index (κ1) is 31.4. The van der Waals surface area contributed by atoms with Gasteiger partial charge in [0.05, 0.1) is 11.9 Å². The number of hydrogen-bond donors (Lipinski definition) is 1. The lowest BCUT2D eigenvalue weighted by atomic mass is 10.0. The van der Waals surface area contributed by atoms with Gasteiger partial charge in [-0.2, -0.15) is 0 Å². The third-order valence-corrected chi connectivity index (χ3v) is 7.46. The molecule has 0 saturated heterocycles. The number of carbonyl (C=O) groups excluding carboxylic acids is 2. The first-order valence-corrected chi connectivity index (χ1v) is 15.1. The highest BCUT2D eigenvalue weighted by atomic mass is 35.5. The minimum Gasteiger partial charge on any atom is -0.350 e. The number of halogens is 3. The Morgan fingerprint density at radius 1 is 0.950 bits per heavy atom. The maximum atomic E-state index is 14.8. The summed E-state index contributed by atoms with van der Waals surface area (Å²) in [6.45, 7) is 4.48. The molecule has 0 saturated carbocycles. The van der Waals surface area contributed by atoms with Crippen molar-refractivity contribution in [3.05, 3.63) is 99.8 Å². The molecule has 0 aromatic heterocycles. The van der Waals surface area contributed by atoms with Crippen molar-refractivity contribution >= 4 is 50.7 Å². The monoisotopic (exact) mass is 607 g/mol. The Morgan fingerprint density at radius 2 is 1.52 bits per heavy atom. The molecule has 1 unspecified atom stereocenters. The van der Waals surface area contributed by atoms with Crippen molar-refractivity contribution in [3.8, 4) is 0 Å². The summed E-state index contributed by atoms with van der Waals surface area (Å²) in [6.07, 6.45) is 1.06. The van der Waals surface area contributed by atoms with Gasteiger partial charge in [-0.25, -0.2) is 12.8 Å². The van der Waals surface area contributed by atoms with Gasteiger partial charge in [0.25, 0.3) is 0 Å². The zero-order valence-electron chi connectivity index (χ0n) is 22.7. The number of nitrogens with one attached hydrogen (secondary N) is 1. The molecule has 0 aliphatic rings. The fourth-order valence-corrected chi connectivity index (χ4v) is 5.46. The second kappa shape index (κ2) is 13.0. The van der Waals surface area contributed by atoms with Crippen molar-refractivity contribution in [1.29, 1.82) is 0 Å². The molecule has 0 bridgehead atoms. The molecule has 0 aliphatic heterocycles. The molecule has 0 fully saturated rings. The lowest BCUT2D eigenvalue weighted by Gasteiger charge is -2.35. The van der Waals surface area contributed by atoms with Gasteiger partial charge >= 0.3 is 0 Å². The van der Waals surface area contributed by atoms with Crippen LogP contribution in [0.3, 0.4) is 0 Å². The van der Waals surface area contributed by atoms with Crippen LogP contribution < -0.4 is 9.62 Å². The topological polar surface area (TPSA) is 86.8 Å². The number of sulfonamides is 1. The van der Waals surface area contributed by atoms with Crippen molar-refractivity contribution in [2.45, 2.75) is 45.3 Å². The molecule has 0 radical (unpaired) electrons. The van der Waals surface area contributed by atoms with E-state index in [0.717, 1.165) is 16.1 Å². The number of amides is 2. The van der Waals surface area contributed by atoms with Crippen LogP contribution in [0.2, 0.25) is 10.0 Å². The van der Waals surface area contributed by atoms with Crippen LogP contribution in [0.1, 0.15) is 31.9 Å². The minimum absolute atomic E-state index is 0.0814. The Morgan fingerprint density at radius 3 is 2.08 bits per heavy atom. The summed E-state index contributed by atoms with van der Waals surface area (Å²) in [5.74, 6) is -1.73. The summed E-state index contributed by atoms with van der Waals surface area (Å²) in [5, 5.41) is 3.27.